The molecule has 0 aromatic carbocycles. The van der Waals surface area contributed by atoms with Gasteiger partial charge >= 0.3 is 0 Å². The zero-order valence-corrected chi connectivity index (χ0v) is 8.93. The Labute approximate surface area is 89.1 Å². The van der Waals surface area contributed by atoms with E-state index in [0.717, 1.165) is 17.5 Å². The molecule has 3 unspecified atom stereocenters. The summed E-state index contributed by atoms with van der Waals surface area (Å²) >= 11 is 5.75. The van der Waals surface area contributed by atoms with Crippen molar-refractivity contribution < 1.29 is 0 Å². The molecule has 2 fully saturated rings. The van der Waals surface area contributed by atoms with Gasteiger partial charge in [-0.15, -0.1) is 11.6 Å². The number of aromatic amines is 1. The average molecular weight is 211 g/mol. The summed E-state index contributed by atoms with van der Waals surface area (Å²) < 4.78 is 0. The van der Waals surface area contributed by atoms with Crippen molar-refractivity contribution in [2.24, 2.45) is 11.8 Å². The highest BCUT2D eigenvalue weighted by molar-refractivity contribution is 6.16. The third-order valence-corrected chi connectivity index (χ3v) is 4.17. The molecule has 2 aliphatic rings. The molecule has 0 amide bonds. The molecule has 0 radical (unpaired) electrons. The maximum Gasteiger partial charge on any atom is 0.109 e. The summed E-state index contributed by atoms with van der Waals surface area (Å²) in [7, 11) is 0. The maximum absolute atomic E-state index is 5.75. The molecule has 1 aromatic rings. The normalized spacial score (nSPS) is 35.4. The van der Waals surface area contributed by atoms with Crippen molar-refractivity contribution >= 4 is 11.6 Å². The highest BCUT2D eigenvalue weighted by atomic mass is 35.5. The number of hydrogen-bond donors (Lipinski definition) is 1. The lowest BCUT2D eigenvalue weighted by atomic mass is 9.88. The van der Waals surface area contributed by atoms with Gasteiger partial charge in [-0.1, -0.05) is 6.42 Å². The van der Waals surface area contributed by atoms with Crippen LogP contribution < -0.4 is 0 Å². The van der Waals surface area contributed by atoms with Crippen LogP contribution in [0.25, 0.3) is 0 Å². The number of nitrogens with one attached hydrogen (secondary N) is 1. The van der Waals surface area contributed by atoms with E-state index in [4.69, 9.17) is 11.6 Å². The van der Waals surface area contributed by atoms with Crippen molar-refractivity contribution in [3.05, 3.63) is 17.7 Å². The van der Waals surface area contributed by atoms with Crippen LogP contribution >= 0.6 is 11.6 Å². The standard InChI is InChI=1S/C11H15ClN2/c12-5-9-6-13-11(14-9)10-4-7-1-2-8(10)3-7/h6-8,10H,1-5H2,(H,13,14). The lowest BCUT2D eigenvalue weighted by molar-refractivity contribution is 0.407. The van der Waals surface area contributed by atoms with Crippen molar-refractivity contribution in [3.8, 4) is 0 Å². The number of hydrogen-bond acceptors (Lipinski definition) is 1. The molecule has 2 saturated carbocycles. The van der Waals surface area contributed by atoms with Gasteiger partial charge in [-0.2, -0.15) is 0 Å². The summed E-state index contributed by atoms with van der Waals surface area (Å²) in [5.41, 5.74) is 1.06. The summed E-state index contributed by atoms with van der Waals surface area (Å²) in [4.78, 5) is 7.79. The predicted octanol–water partition coefficient (Wildman–Crippen LogP) is 3.05. The molecule has 14 heavy (non-hydrogen) atoms. The average Bonchev–Trinajstić information content (AvgIpc) is 2.93. The third-order valence-electron chi connectivity index (χ3n) is 3.88. The molecule has 3 rings (SSSR count). The first kappa shape index (κ1) is 8.78. The summed E-state index contributed by atoms with van der Waals surface area (Å²) in [5, 5.41) is 0. The number of halogens is 1. The second kappa shape index (κ2) is 3.27. The van der Waals surface area contributed by atoms with E-state index in [-0.39, 0.29) is 0 Å². The molecule has 2 aliphatic carbocycles. The number of aromatic nitrogens is 2. The van der Waals surface area contributed by atoms with Gasteiger partial charge in [0, 0.05) is 17.8 Å². The van der Waals surface area contributed by atoms with E-state index in [1.807, 2.05) is 6.20 Å². The van der Waals surface area contributed by atoms with Crippen LogP contribution in [0.5, 0.6) is 0 Å². The topological polar surface area (TPSA) is 28.7 Å². The molecule has 0 spiro atoms. The minimum atomic E-state index is 0.549. The van der Waals surface area contributed by atoms with Crippen molar-refractivity contribution in [2.45, 2.75) is 37.5 Å². The Balaban J connectivity index is 1.82. The first-order valence-electron chi connectivity index (χ1n) is 5.46. The Bertz CT molecular complexity index is 334. The molecule has 1 N–H and O–H groups in total. The van der Waals surface area contributed by atoms with Gasteiger partial charge in [0.2, 0.25) is 0 Å². The Morgan fingerprint density at radius 3 is 2.93 bits per heavy atom. The van der Waals surface area contributed by atoms with Crippen LogP contribution in [0.2, 0.25) is 0 Å². The number of imidazole rings is 1. The van der Waals surface area contributed by atoms with E-state index >= 15 is 0 Å². The zero-order valence-electron chi connectivity index (χ0n) is 8.17. The molecule has 76 valence electrons. The third kappa shape index (κ3) is 1.28. The fourth-order valence-electron chi connectivity index (χ4n) is 3.21. The number of fused-ring (bicyclic) bond motifs is 2. The summed E-state index contributed by atoms with van der Waals surface area (Å²) in [5.74, 6) is 4.32. The van der Waals surface area contributed by atoms with Gasteiger partial charge in [-0.25, -0.2) is 4.98 Å². The lowest BCUT2D eigenvalue weighted by Gasteiger charge is -2.19. The quantitative estimate of drug-likeness (QED) is 0.747. The van der Waals surface area contributed by atoms with Crippen LogP contribution in [0.3, 0.4) is 0 Å². The van der Waals surface area contributed by atoms with Crippen LogP contribution in [-0.2, 0) is 5.88 Å². The number of nitrogens with zero attached hydrogens (tertiary/aromatic N) is 1. The highest BCUT2D eigenvalue weighted by Gasteiger charge is 2.41. The molecule has 2 bridgehead atoms. The van der Waals surface area contributed by atoms with E-state index in [1.54, 1.807) is 0 Å². The minimum absolute atomic E-state index is 0.549. The zero-order chi connectivity index (χ0) is 9.54. The SMILES string of the molecule is ClCc1cnc(C2CC3CCC2C3)[nH]1. The summed E-state index contributed by atoms with van der Waals surface area (Å²) in [6.45, 7) is 0. The van der Waals surface area contributed by atoms with Gasteiger partial charge in [-0.05, 0) is 31.1 Å². The highest BCUT2D eigenvalue weighted by Crippen LogP contribution is 2.52. The van der Waals surface area contributed by atoms with Crippen LogP contribution in [0.15, 0.2) is 6.20 Å². The van der Waals surface area contributed by atoms with Gasteiger partial charge in [0.25, 0.3) is 0 Å². The molecule has 1 heterocycles. The molecule has 2 nitrogen and oxygen atoms in total. The number of H-pyrrole nitrogens is 1. The van der Waals surface area contributed by atoms with Gasteiger partial charge in [0.15, 0.2) is 0 Å². The van der Waals surface area contributed by atoms with Gasteiger partial charge in [-0.3, -0.25) is 0 Å². The predicted molar refractivity (Wildman–Crippen MR) is 56.3 cm³/mol. The Morgan fingerprint density at radius 1 is 1.43 bits per heavy atom. The molecule has 3 atom stereocenters. The smallest absolute Gasteiger partial charge is 0.109 e. The van der Waals surface area contributed by atoms with Gasteiger partial charge < -0.3 is 4.98 Å². The second-order valence-electron chi connectivity index (χ2n) is 4.71. The van der Waals surface area contributed by atoms with E-state index in [9.17, 15) is 0 Å². The summed E-state index contributed by atoms with van der Waals surface area (Å²) in [6, 6.07) is 0. The fraction of sp³-hybridized carbons (Fsp3) is 0.727. The van der Waals surface area contributed by atoms with Crippen LogP contribution in [0, 0.1) is 11.8 Å². The second-order valence-corrected chi connectivity index (χ2v) is 4.98. The molecule has 0 saturated heterocycles. The van der Waals surface area contributed by atoms with Gasteiger partial charge in [0.1, 0.15) is 5.82 Å². The fourth-order valence-corrected chi connectivity index (χ4v) is 3.35. The molecule has 1 aromatic heterocycles. The first-order chi connectivity index (χ1) is 6.86. The molecular weight excluding hydrogens is 196 g/mol. The van der Waals surface area contributed by atoms with E-state index in [0.29, 0.717) is 11.8 Å². The van der Waals surface area contributed by atoms with Crippen LogP contribution in [0.4, 0.5) is 0 Å². The number of rotatable bonds is 2. The minimum Gasteiger partial charge on any atom is -0.345 e. The van der Waals surface area contributed by atoms with Gasteiger partial charge in [0.05, 0.1) is 5.88 Å². The van der Waals surface area contributed by atoms with Crippen molar-refractivity contribution in [3.63, 3.8) is 0 Å². The summed E-state index contributed by atoms with van der Waals surface area (Å²) in [6.07, 6.45) is 7.52. The lowest BCUT2D eigenvalue weighted by Crippen LogP contribution is -2.09. The van der Waals surface area contributed by atoms with E-state index in [1.165, 1.54) is 31.5 Å². The largest absolute Gasteiger partial charge is 0.345 e. The monoisotopic (exact) mass is 210 g/mol. The van der Waals surface area contributed by atoms with Crippen LogP contribution in [0.1, 0.15) is 43.1 Å². The molecular formula is C11H15ClN2. The van der Waals surface area contributed by atoms with Crippen LogP contribution in [-0.4, -0.2) is 9.97 Å². The van der Waals surface area contributed by atoms with Crippen molar-refractivity contribution in [2.75, 3.05) is 0 Å². The molecule has 0 aliphatic heterocycles. The molecule has 3 heteroatoms. The maximum atomic E-state index is 5.75. The Kier molecular flexibility index (Phi) is 2.05. The Hall–Kier alpha value is -0.500. The van der Waals surface area contributed by atoms with E-state index in [2.05, 4.69) is 9.97 Å². The Morgan fingerprint density at radius 2 is 2.36 bits per heavy atom. The van der Waals surface area contributed by atoms with E-state index < -0.39 is 0 Å². The van der Waals surface area contributed by atoms with Crippen molar-refractivity contribution in [1.82, 2.24) is 9.97 Å². The number of alkyl halides is 1. The first-order valence-corrected chi connectivity index (χ1v) is 6.00. The van der Waals surface area contributed by atoms with Crippen molar-refractivity contribution in [1.29, 1.82) is 0 Å².